The molecule has 7 heteroatoms. The topological polar surface area (TPSA) is 49.9 Å². The van der Waals surface area contributed by atoms with E-state index in [9.17, 15) is 14.0 Å². The van der Waals surface area contributed by atoms with Crippen molar-refractivity contribution >= 4 is 11.8 Å². The summed E-state index contributed by atoms with van der Waals surface area (Å²) < 4.78 is 33.6. The summed E-state index contributed by atoms with van der Waals surface area (Å²) in [6.07, 6.45) is 1.78. The van der Waals surface area contributed by atoms with E-state index in [0.29, 0.717) is 13.1 Å². The lowest BCUT2D eigenvalue weighted by Crippen LogP contribution is -2.52. The van der Waals surface area contributed by atoms with Crippen LogP contribution in [-0.2, 0) is 4.79 Å². The van der Waals surface area contributed by atoms with Crippen LogP contribution in [0.2, 0.25) is 0 Å². The van der Waals surface area contributed by atoms with Crippen LogP contribution in [0.5, 0.6) is 5.75 Å². The summed E-state index contributed by atoms with van der Waals surface area (Å²) >= 11 is 0. The fourth-order valence-electron chi connectivity index (χ4n) is 3.46. The van der Waals surface area contributed by atoms with E-state index in [4.69, 9.17) is 4.74 Å². The number of carbonyl (C=O) groups excluding carboxylic acids is 2. The van der Waals surface area contributed by atoms with Gasteiger partial charge in [0.2, 0.25) is 0 Å². The van der Waals surface area contributed by atoms with Crippen LogP contribution in [0.4, 0.5) is 8.78 Å². The van der Waals surface area contributed by atoms with Crippen molar-refractivity contribution in [2.75, 3.05) is 33.3 Å². The first-order chi connectivity index (χ1) is 11.9. The SMILES string of the molecule is COc1ccc(C(=O)N2CCC(F)(C(=O)N3CCCC3)CC2)cc1F. The molecule has 0 spiro atoms. The Bertz CT molecular complexity index is 666. The molecule has 0 N–H and O–H groups in total. The van der Waals surface area contributed by atoms with Crippen LogP contribution in [-0.4, -0.2) is 60.6 Å². The molecule has 2 aliphatic rings. The van der Waals surface area contributed by atoms with Crippen LogP contribution >= 0.6 is 0 Å². The maximum Gasteiger partial charge on any atom is 0.260 e. The van der Waals surface area contributed by atoms with Gasteiger partial charge in [0.25, 0.3) is 11.8 Å². The Morgan fingerprint density at radius 2 is 1.72 bits per heavy atom. The number of ether oxygens (including phenoxy) is 1. The standard InChI is InChI=1S/C18H22F2N2O3/c1-25-15-5-4-13(12-14(15)19)16(23)21-10-6-18(20,7-11-21)17(24)22-8-2-3-9-22/h4-5,12H,2-3,6-11H2,1H3. The third-order valence-electron chi connectivity index (χ3n) is 5.02. The number of alkyl halides is 1. The van der Waals surface area contributed by atoms with Crippen molar-refractivity contribution in [2.45, 2.75) is 31.4 Å². The van der Waals surface area contributed by atoms with Crippen LogP contribution in [0.1, 0.15) is 36.0 Å². The minimum Gasteiger partial charge on any atom is -0.494 e. The molecule has 0 radical (unpaired) electrons. The molecule has 2 fully saturated rings. The molecular weight excluding hydrogens is 330 g/mol. The van der Waals surface area contributed by atoms with Gasteiger partial charge < -0.3 is 14.5 Å². The number of methoxy groups -OCH3 is 1. The molecule has 0 aromatic heterocycles. The van der Waals surface area contributed by atoms with Crippen LogP contribution in [0.25, 0.3) is 0 Å². The molecule has 2 aliphatic heterocycles. The molecule has 0 aliphatic carbocycles. The summed E-state index contributed by atoms with van der Waals surface area (Å²) in [4.78, 5) is 27.9. The fourth-order valence-corrected chi connectivity index (χ4v) is 3.46. The highest BCUT2D eigenvalue weighted by molar-refractivity contribution is 5.95. The Kier molecular flexibility index (Phi) is 4.92. The maximum absolute atomic E-state index is 15.0. The van der Waals surface area contributed by atoms with Crippen molar-refractivity contribution in [3.63, 3.8) is 0 Å². The van der Waals surface area contributed by atoms with Gasteiger partial charge in [-0.15, -0.1) is 0 Å². The predicted molar refractivity (Wildman–Crippen MR) is 87.7 cm³/mol. The summed E-state index contributed by atoms with van der Waals surface area (Å²) in [5, 5.41) is 0. The summed E-state index contributed by atoms with van der Waals surface area (Å²) in [5.41, 5.74) is -1.71. The fraction of sp³-hybridized carbons (Fsp3) is 0.556. The molecule has 2 saturated heterocycles. The number of benzene rings is 1. The number of rotatable bonds is 3. The van der Waals surface area contributed by atoms with Crippen molar-refractivity contribution in [3.05, 3.63) is 29.6 Å². The second-order valence-corrected chi connectivity index (χ2v) is 6.61. The zero-order valence-corrected chi connectivity index (χ0v) is 14.3. The van der Waals surface area contributed by atoms with Gasteiger partial charge in [0.1, 0.15) is 0 Å². The number of carbonyl (C=O) groups is 2. The van der Waals surface area contributed by atoms with Gasteiger partial charge in [0.05, 0.1) is 7.11 Å². The van der Waals surface area contributed by atoms with Gasteiger partial charge in [-0.2, -0.15) is 0 Å². The van der Waals surface area contributed by atoms with Crippen LogP contribution in [0, 0.1) is 5.82 Å². The van der Waals surface area contributed by atoms with Gasteiger partial charge in [-0.1, -0.05) is 0 Å². The first kappa shape index (κ1) is 17.6. The first-order valence-electron chi connectivity index (χ1n) is 8.56. The maximum atomic E-state index is 15.0. The number of halogens is 2. The highest BCUT2D eigenvalue weighted by atomic mass is 19.1. The van der Waals surface area contributed by atoms with Gasteiger partial charge in [-0.3, -0.25) is 9.59 Å². The van der Waals surface area contributed by atoms with E-state index in [0.717, 1.165) is 18.9 Å². The van der Waals surface area contributed by atoms with Crippen molar-refractivity contribution < 1.29 is 23.1 Å². The molecule has 0 bridgehead atoms. The van der Waals surface area contributed by atoms with Crippen LogP contribution in [0.15, 0.2) is 18.2 Å². The Hall–Kier alpha value is -2.18. The molecule has 25 heavy (non-hydrogen) atoms. The zero-order chi connectivity index (χ0) is 18.0. The molecule has 1 aromatic carbocycles. The van der Waals surface area contributed by atoms with E-state index < -0.39 is 17.4 Å². The van der Waals surface area contributed by atoms with E-state index in [1.165, 1.54) is 24.1 Å². The second-order valence-electron chi connectivity index (χ2n) is 6.61. The average Bonchev–Trinajstić information content (AvgIpc) is 3.15. The normalized spacial score (nSPS) is 19.8. The molecule has 5 nitrogen and oxygen atoms in total. The van der Waals surface area contributed by atoms with Crippen molar-refractivity contribution in [3.8, 4) is 5.75 Å². The highest BCUT2D eigenvalue weighted by Gasteiger charge is 2.45. The summed E-state index contributed by atoms with van der Waals surface area (Å²) in [6.45, 7) is 1.50. The van der Waals surface area contributed by atoms with Gasteiger partial charge in [0, 0.05) is 44.6 Å². The lowest BCUT2D eigenvalue weighted by Gasteiger charge is -2.37. The van der Waals surface area contributed by atoms with Gasteiger partial charge in [-0.25, -0.2) is 8.78 Å². The van der Waals surface area contributed by atoms with E-state index in [1.54, 1.807) is 4.90 Å². The van der Waals surface area contributed by atoms with E-state index >= 15 is 4.39 Å². The molecule has 3 rings (SSSR count). The monoisotopic (exact) mass is 352 g/mol. The lowest BCUT2D eigenvalue weighted by molar-refractivity contribution is -0.145. The Balaban J connectivity index is 1.64. The van der Waals surface area contributed by atoms with Gasteiger partial charge >= 0.3 is 0 Å². The molecule has 0 saturated carbocycles. The predicted octanol–water partition coefficient (Wildman–Crippen LogP) is 2.40. The molecule has 136 valence electrons. The molecule has 0 atom stereocenters. The number of hydrogen-bond acceptors (Lipinski definition) is 3. The summed E-state index contributed by atoms with van der Waals surface area (Å²) in [5.74, 6) is -1.37. The summed E-state index contributed by atoms with van der Waals surface area (Å²) in [7, 11) is 1.35. The first-order valence-corrected chi connectivity index (χ1v) is 8.56. The second kappa shape index (κ2) is 6.98. The van der Waals surface area contributed by atoms with Crippen LogP contribution in [0.3, 0.4) is 0 Å². The van der Waals surface area contributed by atoms with Crippen molar-refractivity contribution in [2.24, 2.45) is 0 Å². The molecule has 2 amide bonds. The number of amides is 2. The smallest absolute Gasteiger partial charge is 0.260 e. The minimum absolute atomic E-state index is 0.0211. The molecule has 1 aromatic rings. The Labute approximate surface area is 145 Å². The third-order valence-corrected chi connectivity index (χ3v) is 5.02. The quantitative estimate of drug-likeness (QED) is 0.839. The van der Waals surface area contributed by atoms with Crippen LogP contribution < -0.4 is 4.74 Å². The minimum atomic E-state index is -1.90. The highest BCUT2D eigenvalue weighted by Crippen LogP contribution is 2.31. The van der Waals surface area contributed by atoms with E-state index in [2.05, 4.69) is 0 Å². The zero-order valence-electron chi connectivity index (χ0n) is 14.3. The largest absolute Gasteiger partial charge is 0.494 e. The number of likely N-dealkylation sites (tertiary alicyclic amines) is 2. The van der Waals surface area contributed by atoms with Gasteiger partial charge in [0.15, 0.2) is 17.2 Å². The average molecular weight is 352 g/mol. The Morgan fingerprint density at radius 3 is 2.28 bits per heavy atom. The van der Waals surface area contributed by atoms with E-state index in [1.807, 2.05) is 0 Å². The molecular formula is C18H22F2N2O3. The number of nitrogens with zero attached hydrogens (tertiary/aromatic N) is 2. The van der Waals surface area contributed by atoms with E-state index in [-0.39, 0.29) is 43.2 Å². The lowest BCUT2D eigenvalue weighted by atomic mass is 9.91. The third kappa shape index (κ3) is 3.45. The summed E-state index contributed by atoms with van der Waals surface area (Å²) in [6, 6.07) is 3.99. The number of hydrogen-bond donors (Lipinski definition) is 0. The molecule has 2 heterocycles. The van der Waals surface area contributed by atoms with Gasteiger partial charge in [-0.05, 0) is 31.0 Å². The van der Waals surface area contributed by atoms with Crippen molar-refractivity contribution in [1.29, 1.82) is 0 Å². The number of piperidine rings is 1. The van der Waals surface area contributed by atoms with Crippen molar-refractivity contribution in [1.82, 2.24) is 9.80 Å². The Morgan fingerprint density at radius 1 is 1.08 bits per heavy atom. The molecule has 0 unspecified atom stereocenters.